The summed E-state index contributed by atoms with van der Waals surface area (Å²) in [5.41, 5.74) is -0.459. The fourth-order valence-electron chi connectivity index (χ4n) is 3.30. The Labute approximate surface area is 148 Å². The second kappa shape index (κ2) is 7.74. The monoisotopic (exact) mass is 364 g/mol. The smallest absolute Gasteiger partial charge is 0.186 e. The lowest BCUT2D eigenvalue weighted by Gasteiger charge is -2.46. The minimum Gasteiger partial charge on any atom is -0.390 e. The van der Waals surface area contributed by atoms with Gasteiger partial charge in [0.1, 0.15) is 30.5 Å². The quantitative estimate of drug-likeness (QED) is 0.431. The number of rotatable bonds is 3. The fourth-order valence-corrected chi connectivity index (χ4v) is 3.30. The molecule has 8 nitrogen and oxygen atoms in total. The molecule has 2 heterocycles. The van der Waals surface area contributed by atoms with E-state index in [-0.39, 0.29) is 18.6 Å². The Balaban J connectivity index is 2.01. The van der Waals surface area contributed by atoms with Gasteiger partial charge in [-0.3, -0.25) is 0 Å². The molecule has 2 aliphatic rings. The van der Waals surface area contributed by atoms with Gasteiger partial charge in [-0.15, -0.1) is 0 Å². The molecule has 2 aliphatic heterocycles. The summed E-state index contributed by atoms with van der Waals surface area (Å²) in [6, 6.07) is 0. The standard InChI is InChI=1S/C17H32O8/c1-7-8(2)24-16(14(22)10(7)18)23-6-9-11(19)12(20)13(21)15(25-9)17(3,4)5/h7-16,18-22H,6H2,1-5H3. The molecule has 0 spiro atoms. The number of aliphatic hydroxyl groups is 5. The van der Waals surface area contributed by atoms with E-state index in [2.05, 4.69) is 0 Å². The van der Waals surface area contributed by atoms with E-state index in [1.165, 1.54) is 0 Å². The van der Waals surface area contributed by atoms with Gasteiger partial charge in [0.2, 0.25) is 0 Å². The van der Waals surface area contributed by atoms with Crippen molar-refractivity contribution in [3.8, 4) is 0 Å². The Morgan fingerprint density at radius 1 is 0.800 bits per heavy atom. The van der Waals surface area contributed by atoms with Gasteiger partial charge >= 0.3 is 0 Å². The molecular formula is C17H32O8. The van der Waals surface area contributed by atoms with Gasteiger partial charge in [0.15, 0.2) is 6.29 Å². The van der Waals surface area contributed by atoms with Crippen molar-refractivity contribution in [1.29, 1.82) is 0 Å². The highest BCUT2D eigenvalue weighted by Gasteiger charge is 2.48. The molecule has 25 heavy (non-hydrogen) atoms. The van der Waals surface area contributed by atoms with E-state index < -0.39 is 54.4 Å². The molecule has 0 saturated carbocycles. The molecular weight excluding hydrogens is 332 g/mol. The van der Waals surface area contributed by atoms with Crippen LogP contribution >= 0.6 is 0 Å². The molecule has 8 heteroatoms. The van der Waals surface area contributed by atoms with Crippen LogP contribution in [0.15, 0.2) is 0 Å². The van der Waals surface area contributed by atoms with Crippen molar-refractivity contribution < 1.29 is 39.7 Å². The highest BCUT2D eigenvalue weighted by atomic mass is 16.7. The van der Waals surface area contributed by atoms with Crippen molar-refractivity contribution in [3.63, 3.8) is 0 Å². The molecule has 0 radical (unpaired) electrons. The lowest BCUT2D eigenvalue weighted by molar-refractivity contribution is -0.303. The van der Waals surface area contributed by atoms with Crippen LogP contribution in [0.4, 0.5) is 0 Å². The molecule has 5 N–H and O–H groups in total. The van der Waals surface area contributed by atoms with Crippen molar-refractivity contribution >= 4 is 0 Å². The summed E-state index contributed by atoms with van der Waals surface area (Å²) < 4.78 is 16.9. The van der Waals surface area contributed by atoms with E-state index >= 15 is 0 Å². The summed E-state index contributed by atoms with van der Waals surface area (Å²) in [6.07, 6.45) is -9.09. The lowest BCUT2D eigenvalue weighted by Crippen LogP contribution is -2.62. The largest absolute Gasteiger partial charge is 0.390 e. The van der Waals surface area contributed by atoms with Crippen molar-refractivity contribution in [2.75, 3.05) is 6.61 Å². The third-order valence-electron chi connectivity index (χ3n) is 5.25. The van der Waals surface area contributed by atoms with E-state index in [0.717, 1.165) is 0 Å². The van der Waals surface area contributed by atoms with Crippen LogP contribution in [0.1, 0.15) is 34.6 Å². The van der Waals surface area contributed by atoms with Crippen LogP contribution in [0.5, 0.6) is 0 Å². The minimum atomic E-state index is -1.37. The fraction of sp³-hybridized carbons (Fsp3) is 1.00. The van der Waals surface area contributed by atoms with E-state index in [0.29, 0.717) is 0 Å². The predicted molar refractivity (Wildman–Crippen MR) is 87.6 cm³/mol. The molecule has 2 fully saturated rings. The molecule has 148 valence electrons. The number of aliphatic hydroxyl groups excluding tert-OH is 5. The van der Waals surface area contributed by atoms with Crippen molar-refractivity contribution in [3.05, 3.63) is 0 Å². The maximum absolute atomic E-state index is 10.2. The Bertz CT molecular complexity index is 439. The van der Waals surface area contributed by atoms with Crippen LogP contribution in [0, 0.1) is 11.3 Å². The second-order valence-electron chi connectivity index (χ2n) is 8.32. The Kier molecular flexibility index (Phi) is 6.49. The normalized spacial score (nSPS) is 49.2. The topological polar surface area (TPSA) is 129 Å². The first-order valence-corrected chi connectivity index (χ1v) is 8.78. The van der Waals surface area contributed by atoms with Gasteiger partial charge < -0.3 is 39.7 Å². The summed E-state index contributed by atoms with van der Waals surface area (Å²) in [5, 5.41) is 50.6. The maximum Gasteiger partial charge on any atom is 0.186 e. The average Bonchev–Trinajstić information content (AvgIpc) is 2.53. The van der Waals surface area contributed by atoms with Crippen LogP contribution in [-0.2, 0) is 14.2 Å². The first-order chi connectivity index (χ1) is 11.4. The summed E-state index contributed by atoms with van der Waals surface area (Å²) >= 11 is 0. The Morgan fingerprint density at radius 2 is 1.40 bits per heavy atom. The molecule has 0 bridgehead atoms. The Morgan fingerprint density at radius 3 is 1.96 bits per heavy atom. The Hall–Kier alpha value is -0.320. The zero-order chi connectivity index (χ0) is 19.1. The molecule has 2 rings (SSSR count). The highest BCUT2D eigenvalue weighted by molar-refractivity contribution is 4.96. The van der Waals surface area contributed by atoms with E-state index in [1.54, 1.807) is 13.8 Å². The van der Waals surface area contributed by atoms with Gasteiger partial charge in [-0.05, 0) is 12.3 Å². The molecule has 0 aromatic carbocycles. The molecule has 0 aliphatic carbocycles. The average molecular weight is 364 g/mol. The summed E-state index contributed by atoms with van der Waals surface area (Å²) in [6.45, 7) is 8.96. The van der Waals surface area contributed by atoms with Gasteiger partial charge in [0.05, 0.1) is 24.9 Å². The second-order valence-corrected chi connectivity index (χ2v) is 8.32. The lowest BCUT2D eigenvalue weighted by atomic mass is 9.80. The van der Waals surface area contributed by atoms with Crippen molar-refractivity contribution in [2.45, 2.75) is 89.7 Å². The van der Waals surface area contributed by atoms with Crippen LogP contribution in [0.25, 0.3) is 0 Å². The van der Waals surface area contributed by atoms with Crippen molar-refractivity contribution in [1.82, 2.24) is 0 Å². The molecule has 0 aromatic rings. The third-order valence-corrected chi connectivity index (χ3v) is 5.25. The number of hydrogen-bond donors (Lipinski definition) is 5. The molecule has 0 amide bonds. The van der Waals surface area contributed by atoms with Gasteiger partial charge in [-0.2, -0.15) is 0 Å². The first kappa shape index (κ1) is 21.0. The van der Waals surface area contributed by atoms with Crippen LogP contribution < -0.4 is 0 Å². The minimum absolute atomic E-state index is 0.160. The van der Waals surface area contributed by atoms with E-state index in [4.69, 9.17) is 14.2 Å². The van der Waals surface area contributed by atoms with Gasteiger partial charge in [-0.1, -0.05) is 27.7 Å². The molecule has 10 unspecified atom stereocenters. The summed E-state index contributed by atoms with van der Waals surface area (Å²) in [5.74, 6) is -0.242. The highest BCUT2D eigenvalue weighted by Crippen LogP contribution is 2.34. The van der Waals surface area contributed by atoms with Crippen LogP contribution in [0.3, 0.4) is 0 Å². The number of ether oxygens (including phenoxy) is 3. The van der Waals surface area contributed by atoms with E-state index in [9.17, 15) is 25.5 Å². The maximum atomic E-state index is 10.2. The predicted octanol–water partition coefficient (Wildman–Crippen LogP) is -0.998. The van der Waals surface area contributed by atoms with Crippen LogP contribution in [-0.4, -0.2) is 87.3 Å². The zero-order valence-corrected chi connectivity index (χ0v) is 15.4. The molecule has 2 saturated heterocycles. The van der Waals surface area contributed by atoms with Gasteiger partial charge in [0, 0.05) is 5.92 Å². The van der Waals surface area contributed by atoms with E-state index in [1.807, 2.05) is 20.8 Å². The summed E-state index contributed by atoms with van der Waals surface area (Å²) in [7, 11) is 0. The molecule has 0 aromatic heterocycles. The SMILES string of the molecule is CC1OC(OCC2OC(C(C)(C)C)C(O)C(O)C2O)C(O)C(O)C1C. The third kappa shape index (κ3) is 4.33. The summed E-state index contributed by atoms with van der Waals surface area (Å²) in [4.78, 5) is 0. The first-order valence-electron chi connectivity index (χ1n) is 8.78. The van der Waals surface area contributed by atoms with Gasteiger partial charge in [0.25, 0.3) is 0 Å². The number of hydrogen-bond acceptors (Lipinski definition) is 8. The van der Waals surface area contributed by atoms with Gasteiger partial charge in [-0.25, -0.2) is 0 Å². The molecule has 10 atom stereocenters. The van der Waals surface area contributed by atoms with Crippen molar-refractivity contribution in [2.24, 2.45) is 11.3 Å². The zero-order valence-electron chi connectivity index (χ0n) is 15.4. The van der Waals surface area contributed by atoms with Crippen LogP contribution in [0.2, 0.25) is 0 Å².